The number of alkyl carbamates (subject to hydrolysis) is 1. The molecular weight excluding hydrogens is 478 g/mol. The number of epoxide rings is 2. The Morgan fingerprint density at radius 3 is 2.49 bits per heavy atom. The Hall–Kier alpha value is -1.88. The summed E-state index contributed by atoms with van der Waals surface area (Å²) in [6.45, 7) is 15.0. The lowest BCUT2D eigenvalue weighted by atomic mass is 9.68. The van der Waals surface area contributed by atoms with Gasteiger partial charge in [-0.1, -0.05) is 25.5 Å². The topological polar surface area (TPSA) is 105 Å². The highest BCUT2D eigenvalue weighted by Crippen LogP contribution is 2.59. The third-order valence-corrected chi connectivity index (χ3v) is 8.46. The maximum Gasteiger partial charge on any atom is 0.410 e. The Morgan fingerprint density at radius 2 is 1.89 bits per heavy atom. The molecule has 1 saturated carbocycles. The first-order valence-electron chi connectivity index (χ1n) is 13.8. The number of methoxy groups -OCH3 is 1. The van der Waals surface area contributed by atoms with Crippen molar-refractivity contribution in [1.82, 2.24) is 15.1 Å². The quantitative estimate of drug-likeness (QED) is 0.326. The molecule has 0 bridgehead atoms. The maximum absolute atomic E-state index is 12.9. The van der Waals surface area contributed by atoms with Crippen LogP contribution in [0.1, 0.15) is 53.9 Å². The molecule has 1 unspecified atom stereocenters. The van der Waals surface area contributed by atoms with E-state index in [1.165, 1.54) is 5.57 Å². The summed E-state index contributed by atoms with van der Waals surface area (Å²) in [7, 11) is 1.67. The van der Waals surface area contributed by atoms with Crippen LogP contribution in [0.2, 0.25) is 0 Å². The molecule has 4 rings (SSSR count). The van der Waals surface area contributed by atoms with Crippen molar-refractivity contribution in [3.05, 3.63) is 11.6 Å². The molecule has 2 amide bonds. The van der Waals surface area contributed by atoms with Crippen LogP contribution in [0.4, 0.5) is 9.59 Å². The van der Waals surface area contributed by atoms with Crippen LogP contribution >= 0.6 is 0 Å². The number of rotatable bonds is 11. The lowest BCUT2D eigenvalue weighted by Crippen LogP contribution is -2.59. The van der Waals surface area contributed by atoms with Gasteiger partial charge in [0.1, 0.15) is 29.5 Å². The first-order valence-corrected chi connectivity index (χ1v) is 13.8. The number of hydrogen-bond donors (Lipinski definition) is 1. The molecule has 10 heteroatoms. The number of carbonyl (C=O) groups excluding carboxylic acids is 2. The van der Waals surface area contributed by atoms with Gasteiger partial charge >= 0.3 is 12.2 Å². The van der Waals surface area contributed by atoms with E-state index >= 15 is 0 Å². The van der Waals surface area contributed by atoms with Crippen molar-refractivity contribution < 1.29 is 33.3 Å². The fourth-order valence-electron chi connectivity index (χ4n) is 5.98. The third kappa shape index (κ3) is 6.24. The summed E-state index contributed by atoms with van der Waals surface area (Å²) in [6.07, 6.45) is 2.77. The molecule has 0 aromatic carbocycles. The van der Waals surface area contributed by atoms with Crippen LogP contribution in [0.15, 0.2) is 11.6 Å². The van der Waals surface area contributed by atoms with Crippen molar-refractivity contribution in [2.24, 2.45) is 5.92 Å². The molecule has 6 atom stereocenters. The highest BCUT2D eigenvalue weighted by atomic mass is 16.6. The van der Waals surface area contributed by atoms with Crippen LogP contribution in [0.3, 0.4) is 0 Å². The van der Waals surface area contributed by atoms with Crippen molar-refractivity contribution in [3.8, 4) is 0 Å². The number of allylic oxidation sites excluding steroid dienone is 1. The molecule has 1 aliphatic carbocycles. The SMILES string of the molecule is CCN(CC)CCNC(=O)OC1CN(C(=O)O[C@@H]2CC[C@]3(CO3)C([C@@]3(C)O[C@@H]3CC=C(C)C)[C@@H]2OC)C1. The van der Waals surface area contributed by atoms with Crippen molar-refractivity contribution in [1.29, 1.82) is 0 Å². The molecule has 0 aromatic rings. The van der Waals surface area contributed by atoms with Gasteiger partial charge < -0.3 is 38.8 Å². The van der Waals surface area contributed by atoms with Crippen LogP contribution in [-0.2, 0) is 23.7 Å². The first kappa shape index (κ1) is 28.1. The molecule has 3 heterocycles. The molecule has 4 fully saturated rings. The highest BCUT2D eigenvalue weighted by Gasteiger charge is 2.72. The van der Waals surface area contributed by atoms with Crippen LogP contribution in [-0.4, -0.2) is 111 Å². The Morgan fingerprint density at radius 1 is 1.19 bits per heavy atom. The Labute approximate surface area is 220 Å². The van der Waals surface area contributed by atoms with Gasteiger partial charge in [0, 0.05) is 20.2 Å². The zero-order chi connectivity index (χ0) is 26.8. The summed E-state index contributed by atoms with van der Waals surface area (Å²) in [6, 6.07) is 0. The van der Waals surface area contributed by atoms with Crippen LogP contribution < -0.4 is 5.32 Å². The maximum atomic E-state index is 12.9. The van der Waals surface area contributed by atoms with E-state index in [0.29, 0.717) is 32.7 Å². The number of amides is 2. The second kappa shape index (κ2) is 11.5. The second-order valence-electron chi connectivity index (χ2n) is 11.2. The monoisotopic (exact) mass is 523 g/mol. The van der Waals surface area contributed by atoms with E-state index in [-0.39, 0.29) is 41.5 Å². The summed E-state index contributed by atoms with van der Waals surface area (Å²) in [5.41, 5.74) is 0.637. The molecule has 1 spiro atoms. The zero-order valence-corrected chi connectivity index (χ0v) is 23.3. The molecule has 0 aromatic heterocycles. The summed E-state index contributed by atoms with van der Waals surface area (Å²) in [5, 5.41) is 2.78. The largest absolute Gasteiger partial charge is 0.443 e. The fourth-order valence-corrected chi connectivity index (χ4v) is 5.98. The van der Waals surface area contributed by atoms with E-state index in [4.69, 9.17) is 23.7 Å². The molecule has 1 N–H and O–H groups in total. The summed E-state index contributed by atoms with van der Waals surface area (Å²) in [4.78, 5) is 28.8. The number of likely N-dealkylation sites (N-methyl/N-ethyl adjacent to an activating group) is 1. The predicted octanol–water partition coefficient (Wildman–Crippen LogP) is 2.95. The normalized spacial score (nSPS) is 34.6. The van der Waals surface area contributed by atoms with Gasteiger partial charge in [0.25, 0.3) is 0 Å². The summed E-state index contributed by atoms with van der Waals surface area (Å²) < 4.78 is 29.5. The van der Waals surface area contributed by atoms with Crippen molar-refractivity contribution >= 4 is 12.2 Å². The number of likely N-dealkylation sites (tertiary alicyclic amines) is 1. The average Bonchev–Trinajstić information content (AvgIpc) is 3.75. The molecule has 3 aliphatic heterocycles. The fraction of sp³-hybridized carbons (Fsp3) is 0.852. The van der Waals surface area contributed by atoms with Gasteiger partial charge in [-0.15, -0.1) is 0 Å². The minimum atomic E-state index is -0.449. The van der Waals surface area contributed by atoms with E-state index in [2.05, 4.69) is 50.9 Å². The number of nitrogens with one attached hydrogen (secondary N) is 1. The number of nitrogens with zero attached hydrogens (tertiary/aromatic N) is 2. The molecular formula is C27H45N3O7. The molecule has 4 aliphatic rings. The number of carbonyl (C=O) groups is 2. The molecule has 3 saturated heterocycles. The average molecular weight is 524 g/mol. The second-order valence-corrected chi connectivity index (χ2v) is 11.2. The van der Waals surface area contributed by atoms with Crippen LogP contribution in [0.25, 0.3) is 0 Å². The van der Waals surface area contributed by atoms with E-state index < -0.39 is 12.2 Å². The minimum Gasteiger partial charge on any atom is -0.443 e. The molecule has 210 valence electrons. The standard InChI is InChI=1S/C27H45N3O7/c1-7-29(8-2)14-13-28-24(31)35-19-15-30(16-19)25(32)36-20-11-12-27(17-34-27)23(22(20)33-6)26(5)21(37-26)10-9-18(3)4/h9,19-23H,7-8,10-17H2,1-6H3,(H,28,31)/t20-,21-,22-,23?,26+,27+/m1/s1. The van der Waals surface area contributed by atoms with Gasteiger partial charge in [-0.2, -0.15) is 0 Å². The highest BCUT2D eigenvalue weighted by molar-refractivity contribution is 5.70. The summed E-state index contributed by atoms with van der Waals surface area (Å²) >= 11 is 0. The molecule has 37 heavy (non-hydrogen) atoms. The smallest absolute Gasteiger partial charge is 0.410 e. The Balaban J connectivity index is 1.25. The van der Waals surface area contributed by atoms with E-state index in [0.717, 1.165) is 32.5 Å². The van der Waals surface area contributed by atoms with Gasteiger partial charge in [-0.05, 0) is 53.1 Å². The van der Waals surface area contributed by atoms with E-state index in [1.807, 2.05) is 0 Å². The van der Waals surface area contributed by atoms with E-state index in [9.17, 15) is 9.59 Å². The van der Waals surface area contributed by atoms with Crippen LogP contribution in [0.5, 0.6) is 0 Å². The van der Waals surface area contributed by atoms with Gasteiger partial charge in [0.15, 0.2) is 0 Å². The van der Waals surface area contributed by atoms with Crippen LogP contribution in [0, 0.1) is 5.92 Å². The molecule has 0 radical (unpaired) electrons. The van der Waals surface area contributed by atoms with Crippen molar-refractivity contribution in [2.45, 2.75) is 89.5 Å². The van der Waals surface area contributed by atoms with Crippen molar-refractivity contribution in [3.63, 3.8) is 0 Å². The number of ether oxygens (including phenoxy) is 5. The van der Waals surface area contributed by atoms with Crippen molar-refractivity contribution in [2.75, 3.05) is 53.0 Å². The Kier molecular flexibility index (Phi) is 8.72. The lowest BCUT2D eigenvalue weighted by Gasteiger charge is -2.44. The summed E-state index contributed by atoms with van der Waals surface area (Å²) in [5.74, 6) is -0.0142. The van der Waals surface area contributed by atoms with Gasteiger partial charge in [0.2, 0.25) is 0 Å². The predicted molar refractivity (Wildman–Crippen MR) is 137 cm³/mol. The third-order valence-electron chi connectivity index (χ3n) is 8.46. The van der Waals surface area contributed by atoms with E-state index in [1.54, 1.807) is 12.0 Å². The lowest BCUT2D eigenvalue weighted by molar-refractivity contribution is -0.126. The minimum absolute atomic E-state index is 0.0142. The van der Waals surface area contributed by atoms with Gasteiger partial charge in [-0.3, -0.25) is 0 Å². The first-order chi connectivity index (χ1) is 17.7. The van der Waals surface area contributed by atoms with Gasteiger partial charge in [0.05, 0.1) is 31.7 Å². The van der Waals surface area contributed by atoms with Gasteiger partial charge in [-0.25, -0.2) is 9.59 Å². The zero-order valence-electron chi connectivity index (χ0n) is 23.3. The number of hydrogen-bond acceptors (Lipinski definition) is 8. The molecule has 10 nitrogen and oxygen atoms in total. The Bertz CT molecular complexity index is 849.